The number of nitrogens with zero attached hydrogens (tertiary/aromatic N) is 1. The minimum atomic E-state index is 0.529. The maximum Gasteiger partial charge on any atom is 0.0349 e. The second-order valence-electron chi connectivity index (χ2n) is 5.07. The molecule has 0 aromatic carbocycles. The van der Waals surface area contributed by atoms with E-state index < -0.39 is 0 Å². The van der Waals surface area contributed by atoms with Crippen LogP contribution >= 0.6 is 0 Å². The summed E-state index contributed by atoms with van der Waals surface area (Å²) in [7, 11) is 0. The van der Waals surface area contributed by atoms with Crippen molar-refractivity contribution in [2.45, 2.75) is 51.5 Å². The number of hydrogen-bond donors (Lipinski definition) is 1. The van der Waals surface area contributed by atoms with E-state index in [0.29, 0.717) is 6.04 Å². The van der Waals surface area contributed by atoms with Crippen LogP contribution in [0.2, 0.25) is 0 Å². The Morgan fingerprint density at radius 2 is 1.82 bits per heavy atom. The van der Waals surface area contributed by atoms with E-state index in [-0.39, 0.29) is 0 Å². The predicted octanol–water partition coefficient (Wildman–Crippen LogP) is 3.70. The van der Waals surface area contributed by atoms with E-state index in [4.69, 9.17) is 0 Å². The number of hydrogen-bond acceptors (Lipinski definition) is 2. The van der Waals surface area contributed by atoms with Gasteiger partial charge in [-0.3, -0.25) is 4.98 Å². The van der Waals surface area contributed by atoms with Gasteiger partial charge in [0.25, 0.3) is 0 Å². The third-order valence-corrected chi connectivity index (χ3v) is 3.86. The quantitative estimate of drug-likeness (QED) is 0.801. The molecule has 2 rings (SSSR count). The maximum atomic E-state index is 4.12. The van der Waals surface area contributed by atoms with Crippen molar-refractivity contribution in [3.05, 3.63) is 30.1 Å². The van der Waals surface area contributed by atoms with Gasteiger partial charge in [0.2, 0.25) is 0 Å². The third kappa shape index (κ3) is 3.53. The fourth-order valence-corrected chi connectivity index (χ4v) is 2.99. The molecule has 1 aromatic heterocycles. The molecule has 1 aliphatic carbocycles. The molecule has 2 heteroatoms. The van der Waals surface area contributed by atoms with E-state index in [1.54, 1.807) is 0 Å². The lowest BCUT2D eigenvalue weighted by atomic mass is 9.87. The number of pyridine rings is 1. The molecule has 0 aliphatic heterocycles. The topological polar surface area (TPSA) is 24.9 Å². The van der Waals surface area contributed by atoms with E-state index in [1.165, 1.54) is 44.1 Å². The van der Waals surface area contributed by atoms with Crippen LogP contribution in [0.15, 0.2) is 24.5 Å². The van der Waals surface area contributed by atoms with Gasteiger partial charge in [0.15, 0.2) is 0 Å². The van der Waals surface area contributed by atoms with Crippen molar-refractivity contribution < 1.29 is 0 Å². The van der Waals surface area contributed by atoms with Gasteiger partial charge in [-0.25, -0.2) is 0 Å². The van der Waals surface area contributed by atoms with Crippen LogP contribution in [0.5, 0.6) is 0 Å². The van der Waals surface area contributed by atoms with Gasteiger partial charge < -0.3 is 5.32 Å². The molecular weight excluding hydrogens is 208 g/mol. The summed E-state index contributed by atoms with van der Waals surface area (Å²) in [4.78, 5) is 4.12. The maximum absolute atomic E-state index is 4.12. The Bertz CT molecular complexity index is 302. The summed E-state index contributed by atoms with van der Waals surface area (Å²) in [6.07, 6.45) is 12.2. The van der Waals surface area contributed by atoms with Gasteiger partial charge in [-0.15, -0.1) is 0 Å². The van der Waals surface area contributed by atoms with Gasteiger partial charge in [0.1, 0.15) is 0 Å². The Hall–Kier alpha value is -0.890. The largest absolute Gasteiger partial charge is 0.310 e. The minimum Gasteiger partial charge on any atom is -0.310 e. The molecule has 1 fully saturated rings. The molecule has 1 heterocycles. The molecule has 0 saturated heterocycles. The lowest BCUT2D eigenvalue weighted by Crippen LogP contribution is -2.28. The third-order valence-electron chi connectivity index (χ3n) is 3.86. The summed E-state index contributed by atoms with van der Waals surface area (Å²) in [5, 5.41) is 3.67. The van der Waals surface area contributed by atoms with Gasteiger partial charge in [0.05, 0.1) is 0 Å². The lowest BCUT2D eigenvalue weighted by Gasteiger charge is -2.27. The molecule has 1 aliphatic rings. The molecule has 0 bridgehead atoms. The first kappa shape index (κ1) is 12.6. The van der Waals surface area contributed by atoms with Crippen molar-refractivity contribution >= 4 is 0 Å². The van der Waals surface area contributed by atoms with Crippen LogP contribution in [-0.2, 0) is 0 Å². The highest BCUT2D eigenvalue weighted by molar-refractivity contribution is 5.16. The zero-order chi connectivity index (χ0) is 11.9. The molecule has 0 radical (unpaired) electrons. The molecule has 94 valence electrons. The van der Waals surface area contributed by atoms with Gasteiger partial charge in [0, 0.05) is 18.4 Å². The molecule has 1 saturated carbocycles. The first-order chi connectivity index (χ1) is 8.42. The van der Waals surface area contributed by atoms with Crippen LogP contribution < -0.4 is 5.32 Å². The van der Waals surface area contributed by atoms with E-state index in [2.05, 4.69) is 29.4 Å². The van der Waals surface area contributed by atoms with Gasteiger partial charge in [-0.1, -0.05) is 32.6 Å². The SMILES string of the molecule is CCNC(c1ccncc1)C1CCCCCC1. The highest BCUT2D eigenvalue weighted by Crippen LogP contribution is 2.33. The molecule has 0 amide bonds. The zero-order valence-corrected chi connectivity index (χ0v) is 10.9. The van der Waals surface area contributed by atoms with E-state index >= 15 is 0 Å². The van der Waals surface area contributed by atoms with Gasteiger partial charge in [-0.05, 0) is 43.0 Å². The van der Waals surface area contributed by atoms with E-state index in [0.717, 1.165) is 12.5 Å². The van der Waals surface area contributed by atoms with Crippen LogP contribution in [0.4, 0.5) is 0 Å². The Labute approximate surface area is 105 Å². The summed E-state index contributed by atoms with van der Waals surface area (Å²) in [5.41, 5.74) is 1.41. The zero-order valence-electron chi connectivity index (χ0n) is 10.9. The average molecular weight is 232 g/mol. The summed E-state index contributed by atoms with van der Waals surface area (Å²) in [6.45, 7) is 3.24. The number of aromatic nitrogens is 1. The lowest BCUT2D eigenvalue weighted by molar-refractivity contribution is 0.330. The van der Waals surface area contributed by atoms with Crippen molar-refractivity contribution in [1.29, 1.82) is 0 Å². The van der Waals surface area contributed by atoms with Crippen LogP contribution in [0.25, 0.3) is 0 Å². The van der Waals surface area contributed by atoms with Crippen LogP contribution in [0.1, 0.15) is 57.1 Å². The van der Waals surface area contributed by atoms with Crippen LogP contribution in [0.3, 0.4) is 0 Å². The molecule has 1 aromatic rings. The molecule has 1 atom stereocenters. The van der Waals surface area contributed by atoms with Crippen molar-refractivity contribution in [2.75, 3.05) is 6.54 Å². The number of rotatable bonds is 4. The molecule has 1 unspecified atom stereocenters. The molecule has 1 N–H and O–H groups in total. The van der Waals surface area contributed by atoms with Crippen molar-refractivity contribution in [3.63, 3.8) is 0 Å². The Kier molecular flexibility index (Phi) is 4.99. The van der Waals surface area contributed by atoms with Crippen molar-refractivity contribution in [2.24, 2.45) is 5.92 Å². The smallest absolute Gasteiger partial charge is 0.0349 e. The number of nitrogens with one attached hydrogen (secondary N) is 1. The van der Waals surface area contributed by atoms with E-state index in [1.807, 2.05) is 12.4 Å². The monoisotopic (exact) mass is 232 g/mol. The van der Waals surface area contributed by atoms with Crippen LogP contribution in [0, 0.1) is 5.92 Å². The second-order valence-corrected chi connectivity index (χ2v) is 5.07. The minimum absolute atomic E-state index is 0.529. The second kappa shape index (κ2) is 6.75. The molecule has 0 spiro atoms. The van der Waals surface area contributed by atoms with Crippen LogP contribution in [-0.4, -0.2) is 11.5 Å². The summed E-state index contributed by atoms with van der Waals surface area (Å²) in [5.74, 6) is 0.805. The summed E-state index contributed by atoms with van der Waals surface area (Å²) in [6, 6.07) is 4.86. The Balaban J connectivity index is 2.10. The standard InChI is InChI=1S/C15H24N2/c1-2-17-15(14-9-11-16-12-10-14)13-7-5-3-4-6-8-13/h9-13,15,17H,2-8H2,1H3. The Morgan fingerprint density at radius 1 is 1.18 bits per heavy atom. The fourth-order valence-electron chi connectivity index (χ4n) is 2.99. The van der Waals surface area contributed by atoms with E-state index in [9.17, 15) is 0 Å². The molecule has 17 heavy (non-hydrogen) atoms. The first-order valence-corrected chi connectivity index (χ1v) is 7.05. The normalized spacial score (nSPS) is 19.8. The van der Waals surface area contributed by atoms with Gasteiger partial charge >= 0.3 is 0 Å². The highest BCUT2D eigenvalue weighted by Gasteiger charge is 2.23. The highest BCUT2D eigenvalue weighted by atomic mass is 14.9. The summed E-state index contributed by atoms with van der Waals surface area (Å²) >= 11 is 0. The van der Waals surface area contributed by atoms with Crippen molar-refractivity contribution in [3.8, 4) is 0 Å². The van der Waals surface area contributed by atoms with Gasteiger partial charge in [-0.2, -0.15) is 0 Å². The molecular formula is C15H24N2. The Morgan fingerprint density at radius 3 is 2.41 bits per heavy atom. The fraction of sp³-hybridized carbons (Fsp3) is 0.667. The average Bonchev–Trinajstić information content (AvgIpc) is 2.66. The summed E-state index contributed by atoms with van der Waals surface area (Å²) < 4.78 is 0. The molecule has 2 nitrogen and oxygen atoms in total. The predicted molar refractivity (Wildman–Crippen MR) is 71.8 cm³/mol. The van der Waals surface area contributed by atoms with Crippen molar-refractivity contribution in [1.82, 2.24) is 10.3 Å². The first-order valence-electron chi connectivity index (χ1n) is 7.05.